The Kier molecular flexibility index (Phi) is 3.41. The molecule has 1 aliphatic carbocycles. The lowest BCUT2D eigenvalue weighted by molar-refractivity contribution is 0.102. The van der Waals surface area contributed by atoms with E-state index >= 15 is 0 Å². The minimum absolute atomic E-state index is 0.109. The molecule has 0 amide bonds. The fourth-order valence-electron chi connectivity index (χ4n) is 2.52. The second kappa shape index (κ2) is 4.79. The molecule has 0 spiro atoms. The number of aliphatic hydroxyl groups is 1. The highest BCUT2D eigenvalue weighted by Crippen LogP contribution is 2.29. The van der Waals surface area contributed by atoms with Crippen LogP contribution < -0.4 is 0 Å². The van der Waals surface area contributed by atoms with Crippen LogP contribution in [0, 0.1) is 5.92 Å². The third-order valence-corrected chi connectivity index (χ3v) is 3.56. The summed E-state index contributed by atoms with van der Waals surface area (Å²) in [5.41, 5.74) is 1.21. The molecule has 3 heteroatoms. The number of nitrogens with zero attached hydrogens (tertiary/aromatic N) is 2. The van der Waals surface area contributed by atoms with Crippen LogP contribution in [0.15, 0.2) is 12.3 Å². The molecule has 1 heterocycles. The third-order valence-electron chi connectivity index (χ3n) is 3.56. The first-order chi connectivity index (χ1) is 7.27. The highest BCUT2D eigenvalue weighted by molar-refractivity contribution is 5.00. The Hall–Kier alpha value is -0.830. The topological polar surface area (TPSA) is 38.0 Å². The summed E-state index contributed by atoms with van der Waals surface area (Å²) in [6, 6.07) is 2.03. The molecule has 1 aliphatic rings. The maximum absolute atomic E-state index is 10.0. The number of aromatic nitrogens is 2. The van der Waals surface area contributed by atoms with Crippen molar-refractivity contribution in [1.29, 1.82) is 0 Å². The first kappa shape index (κ1) is 10.7. The quantitative estimate of drug-likeness (QED) is 0.820. The van der Waals surface area contributed by atoms with Gasteiger partial charge >= 0.3 is 0 Å². The molecule has 3 nitrogen and oxygen atoms in total. The summed E-state index contributed by atoms with van der Waals surface area (Å²) < 4.78 is 1.89. The Morgan fingerprint density at radius 2 is 2.27 bits per heavy atom. The second-order valence-electron chi connectivity index (χ2n) is 4.60. The zero-order valence-corrected chi connectivity index (χ0v) is 9.39. The fourth-order valence-corrected chi connectivity index (χ4v) is 2.52. The maximum atomic E-state index is 10.0. The van der Waals surface area contributed by atoms with Gasteiger partial charge in [0.05, 0.1) is 6.10 Å². The van der Waals surface area contributed by atoms with Crippen molar-refractivity contribution in [2.45, 2.75) is 44.6 Å². The van der Waals surface area contributed by atoms with Gasteiger partial charge in [-0.2, -0.15) is 5.10 Å². The molecule has 0 aliphatic heterocycles. The molecule has 0 bridgehead atoms. The highest BCUT2D eigenvalue weighted by atomic mass is 16.3. The molecule has 1 atom stereocenters. The first-order valence-corrected chi connectivity index (χ1v) is 5.92. The number of hydrogen-bond donors (Lipinski definition) is 1. The van der Waals surface area contributed by atoms with Gasteiger partial charge in [0.2, 0.25) is 0 Å². The van der Waals surface area contributed by atoms with E-state index < -0.39 is 0 Å². The van der Waals surface area contributed by atoms with Gasteiger partial charge in [-0.3, -0.25) is 4.68 Å². The van der Waals surface area contributed by atoms with E-state index in [1.807, 2.05) is 24.0 Å². The van der Waals surface area contributed by atoms with E-state index in [9.17, 15) is 5.11 Å². The molecule has 84 valence electrons. The van der Waals surface area contributed by atoms with Crippen LogP contribution in [0.25, 0.3) is 0 Å². The SMILES string of the molecule is Cn1nccc1CCC(O)C1CCCC1. The van der Waals surface area contributed by atoms with E-state index in [0.717, 1.165) is 12.8 Å². The smallest absolute Gasteiger partial charge is 0.0572 e. The molecule has 1 unspecified atom stereocenters. The summed E-state index contributed by atoms with van der Waals surface area (Å²) in [7, 11) is 1.96. The minimum atomic E-state index is -0.109. The number of hydrogen-bond acceptors (Lipinski definition) is 2. The summed E-state index contributed by atoms with van der Waals surface area (Å²) >= 11 is 0. The molecule has 1 fully saturated rings. The molecule has 0 saturated heterocycles. The van der Waals surface area contributed by atoms with Gasteiger partial charge in [0.25, 0.3) is 0 Å². The maximum Gasteiger partial charge on any atom is 0.0572 e. The van der Waals surface area contributed by atoms with Gasteiger partial charge in [-0.25, -0.2) is 0 Å². The van der Waals surface area contributed by atoms with Crippen LogP contribution in [0.3, 0.4) is 0 Å². The van der Waals surface area contributed by atoms with Crippen LogP contribution in [0.5, 0.6) is 0 Å². The third kappa shape index (κ3) is 2.59. The number of aryl methyl sites for hydroxylation is 2. The predicted molar refractivity (Wildman–Crippen MR) is 59.5 cm³/mol. The van der Waals surface area contributed by atoms with Crippen molar-refractivity contribution in [3.63, 3.8) is 0 Å². The Labute approximate surface area is 91.1 Å². The Morgan fingerprint density at radius 1 is 1.53 bits per heavy atom. The molecule has 1 saturated carbocycles. The van der Waals surface area contributed by atoms with Crippen molar-refractivity contribution in [3.8, 4) is 0 Å². The Bertz CT molecular complexity index is 302. The van der Waals surface area contributed by atoms with Gasteiger partial charge in [-0.1, -0.05) is 12.8 Å². The Morgan fingerprint density at radius 3 is 2.87 bits per heavy atom. The summed E-state index contributed by atoms with van der Waals surface area (Å²) in [4.78, 5) is 0. The van der Waals surface area contributed by atoms with Crippen LogP contribution in [0.4, 0.5) is 0 Å². The molecule has 0 radical (unpaired) electrons. The molecule has 15 heavy (non-hydrogen) atoms. The molecule has 2 rings (SSSR count). The van der Waals surface area contributed by atoms with Crippen molar-refractivity contribution in [2.24, 2.45) is 13.0 Å². The molecule has 1 aromatic rings. The van der Waals surface area contributed by atoms with Gasteiger partial charge in [0, 0.05) is 18.9 Å². The van der Waals surface area contributed by atoms with Crippen molar-refractivity contribution >= 4 is 0 Å². The van der Waals surface area contributed by atoms with E-state index in [1.165, 1.54) is 31.4 Å². The van der Waals surface area contributed by atoms with E-state index in [0.29, 0.717) is 5.92 Å². The average molecular weight is 208 g/mol. The van der Waals surface area contributed by atoms with Crippen molar-refractivity contribution in [2.75, 3.05) is 0 Å². The summed E-state index contributed by atoms with van der Waals surface area (Å²) in [5.74, 6) is 0.554. The second-order valence-corrected chi connectivity index (χ2v) is 4.60. The standard InChI is InChI=1S/C12H20N2O/c1-14-11(8-9-13-14)6-7-12(15)10-4-2-3-5-10/h8-10,12,15H,2-7H2,1H3. The van der Waals surface area contributed by atoms with Crippen LogP contribution in [0.2, 0.25) is 0 Å². The Balaban J connectivity index is 1.80. The van der Waals surface area contributed by atoms with Crippen molar-refractivity contribution in [1.82, 2.24) is 9.78 Å². The molecular weight excluding hydrogens is 188 g/mol. The zero-order valence-electron chi connectivity index (χ0n) is 9.39. The predicted octanol–water partition coefficient (Wildman–Crippen LogP) is 1.90. The van der Waals surface area contributed by atoms with Gasteiger partial charge in [0.1, 0.15) is 0 Å². The van der Waals surface area contributed by atoms with Crippen LogP contribution >= 0.6 is 0 Å². The summed E-state index contributed by atoms with van der Waals surface area (Å²) in [6.45, 7) is 0. The summed E-state index contributed by atoms with van der Waals surface area (Å²) in [5, 5.41) is 14.1. The van der Waals surface area contributed by atoms with Gasteiger partial charge in [0.15, 0.2) is 0 Å². The van der Waals surface area contributed by atoms with Crippen molar-refractivity contribution in [3.05, 3.63) is 18.0 Å². The van der Waals surface area contributed by atoms with Gasteiger partial charge in [-0.15, -0.1) is 0 Å². The molecule has 1 N–H and O–H groups in total. The van der Waals surface area contributed by atoms with Crippen molar-refractivity contribution < 1.29 is 5.11 Å². The molecule has 0 aromatic carbocycles. The first-order valence-electron chi connectivity index (χ1n) is 5.92. The molecular formula is C12H20N2O. The highest BCUT2D eigenvalue weighted by Gasteiger charge is 2.22. The summed E-state index contributed by atoms with van der Waals surface area (Å²) in [6.07, 6.45) is 8.55. The van der Waals surface area contributed by atoms with E-state index in [1.54, 1.807) is 0 Å². The normalized spacial score (nSPS) is 19.6. The van der Waals surface area contributed by atoms with Gasteiger partial charge < -0.3 is 5.11 Å². The monoisotopic (exact) mass is 208 g/mol. The van der Waals surface area contributed by atoms with E-state index in [-0.39, 0.29) is 6.10 Å². The largest absolute Gasteiger partial charge is 0.393 e. The lowest BCUT2D eigenvalue weighted by Crippen LogP contribution is -2.18. The number of rotatable bonds is 4. The zero-order chi connectivity index (χ0) is 10.7. The molecule has 1 aromatic heterocycles. The van der Waals surface area contributed by atoms with Crippen LogP contribution in [-0.4, -0.2) is 21.0 Å². The van der Waals surface area contributed by atoms with Crippen LogP contribution in [-0.2, 0) is 13.5 Å². The van der Waals surface area contributed by atoms with E-state index in [4.69, 9.17) is 0 Å². The average Bonchev–Trinajstić information content (AvgIpc) is 2.85. The van der Waals surface area contributed by atoms with Crippen LogP contribution in [0.1, 0.15) is 37.8 Å². The van der Waals surface area contributed by atoms with E-state index in [2.05, 4.69) is 5.10 Å². The lowest BCUT2D eigenvalue weighted by atomic mass is 9.96. The van der Waals surface area contributed by atoms with Gasteiger partial charge in [-0.05, 0) is 37.7 Å². The minimum Gasteiger partial charge on any atom is -0.393 e. The number of aliphatic hydroxyl groups excluding tert-OH is 1. The fraction of sp³-hybridized carbons (Fsp3) is 0.750. The lowest BCUT2D eigenvalue weighted by Gasteiger charge is -2.17.